The zero-order valence-corrected chi connectivity index (χ0v) is 10.3. The molecule has 17 heavy (non-hydrogen) atoms. The van der Waals surface area contributed by atoms with Gasteiger partial charge in [0, 0.05) is 37.6 Å². The molecule has 0 aliphatic heterocycles. The fourth-order valence-corrected chi connectivity index (χ4v) is 1.80. The average molecular weight is 230 g/mol. The smallest absolute Gasteiger partial charge is 0.119 e. The van der Waals surface area contributed by atoms with E-state index in [2.05, 4.69) is 35.3 Å². The Balaban J connectivity index is 1.83. The van der Waals surface area contributed by atoms with Gasteiger partial charge in [-0.1, -0.05) is 0 Å². The molecule has 3 nitrogen and oxygen atoms in total. The highest BCUT2D eigenvalue weighted by molar-refractivity contribution is 5.46. The van der Waals surface area contributed by atoms with Crippen molar-refractivity contribution in [2.75, 3.05) is 19.0 Å². The largest absolute Gasteiger partial charge is 0.497 e. The van der Waals surface area contributed by atoms with Crippen LogP contribution in [0.25, 0.3) is 0 Å². The number of nitrogens with zero attached hydrogens (tertiary/aromatic N) is 1. The number of benzene rings is 1. The van der Waals surface area contributed by atoms with Gasteiger partial charge in [0.05, 0.1) is 7.11 Å². The first-order valence-corrected chi connectivity index (χ1v) is 5.78. The quantitative estimate of drug-likeness (QED) is 0.854. The standard InChI is InChI=1S/C14H18N2O/c1-16-11-3-4-13(16)9-10-15-12-5-7-14(17-2)8-6-12/h3-8,11,15H,9-10H2,1-2H3. The predicted octanol–water partition coefficient (Wildman–Crippen LogP) is 2.69. The highest BCUT2D eigenvalue weighted by Gasteiger charge is 1.97. The Kier molecular flexibility index (Phi) is 3.70. The first-order chi connectivity index (χ1) is 8.29. The zero-order chi connectivity index (χ0) is 12.1. The Morgan fingerprint density at radius 2 is 1.94 bits per heavy atom. The first kappa shape index (κ1) is 11.6. The molecule has 0 spiro atoms. The molecule has 0 atom stereocenters. The van der Waals surface area contributed by atoms with Crippen LogP contribution in [0.15, 0.2) is 42.6 Å². The molecule has 90 valence electrons. The van der Waals surface area contributed by atoms with Crippen LogP contribution in [0.2, 0.25) is 0 Å². The van der Waals surface area contributed by atoms with Crippen molar-refractivity contribution in [2.24, 2.45) is 7.05 Å². The molecule has 0 saturated heterocycles. The van der Waals surface area contributed by atoms with Crippen LogP contribution in [0.1, 0.15) is 5.69 Å². The molecule has 0 unspecified atom stereocenters. The predicted molar refractivity (Wildman–Crippen MR) is 70.6 cm³/mol. The second-order valence-electron chi connectivity index (χ2n) is 4.02. The van der Waals surface area contributed by atoms with Crippen molar-refractivity contribution in [3.05, 3.63) is 48.3 Å². The minimum atomic E-state index is 0.887. The van der Waals surface area contributed by atoms with Crippen molar-refractivity contribution in [1.82, 2.24) is 4.57 Å². The molecule has 0 bridgehead atoms. The van der Waals surface area contributed by atoms with Crippen LogP contribution in [0.3, 0.4) is 0 Å². The number of hydrogen-bond acceptors (Lipinski definition) is 2. The van der Waals surface area contributed by atoms with Crippen molar-refractivity contribution in [1.29, 1.82) is 0 Å². The van der Waals surface area contributed by atoms with E-state index >= 15 is 0 Å². The molecular weight excluding hydrogens is 212 g/mol. The number of hydrogen-bond donors (Lipinski definition) is 1. The van der Waals surface area contributed by atoms with E-state index in [0.29, 0.717) is 0 Å². The van der Waals surface area contributed by atoms with Gasteiger partial charge in [0.15, 0.2) is 0 Å². The van der Waals surface area contributed by atoms with Crippen molar-refractivity contribution < 1.29 is 4.74 Å². The summed E-state index contributed by atoms with van der Waals surface area (Å²) in [5, 5.41) is 3.39. The van der Waals surface area contributed by atoms with Gasteiger partial charge in [0.2, 0.25) is 0 Å². The Hall–Kier alpha value is -1.90. The van der Waals surface area contributed by atoms with E-state index in [1.807, 2.05) is 24.3 Å². The van der Waals surface area contributed by atoms with Gasteiger partial charge < -0.3 is 14.6 Å². The van der Waals surface area contributed by atoms with Gasteiger partial charge in [0.1, 0.15) is 5.75 Å². The third-order valence-electron chi connectivity index (χ3n) is 2.85. The number of ether oxygens (including phenoxy) is 1. The maximum absolute atomic E-state index is 5.12. The highest BCUT2D eigenvalue weighted by Crippen LogP contribution is 2.14. The third-order valence-corrected chi connectivity index (χ3v) is 2.85. The number of aryl methyl sites for hydroxylation is 1. The van der Waals surface area contributed by atoms with E-state index in [9.17, 15) is 0 Å². The lowest BCUT2D eigenvalue weighted by atomic mass is 10.2. The van der Waals surface area contributed by atoms with Crippen LogP contribution in [0.5, 0.6) is 5.75 Å². The maximum atomic E-state index is 5.12. The van der Waals surface area contributed by atoms with Crippen molar-refractivity contribution in [3.63, 3.8) is 0 Å². The van der Waals surface area contributed by atoms with E-state index in [-0.39, 0.29) is 0 Å². The SMILES string of the molecule is COc1ccc(NCCc2cccn2C)cc1. The monoisotopic (exact) mass is 230 g/mol. The van der Waals surface area contributed by atoms with Gasteiger partial charge in [-0.2, -0.15) is 0 Å². The summed E-state index contributed by atoms with van der Waals surface area (Å²) in [4.78, 5) is 0. The van der Waals surface area contributed by atoms with E-state index < -0.39 is 0 Å². The molecule has 3 heteroatoms. The summed E-state index contributed by atoms with van der Waals surface area (Å²) in [6.45, 7) is 0.935. The van der Waals surface area contributed by atoms with Crippen LogP contribution in [-0.2, 0) is 13.5 Å². The molecular formula is C14H18N2O. The third kappa shape index (κ3) is 3.03. The number of methoxy groups -OCH3 is 1. The molecule has 2 rings (SSSR count). The molecule has 0 radical (unpaired) electrons. The first-order valence-electron chi connectivity index (χ1n) is 5.78. The summed E-state index contributed by atoms with van der Waals surface area (Å²) >= 11 is 0. The molecule has 1 aromatic heterocycles. The van der Waals surface area contributed by atoms with E-state index in [1.54, 1.807) is 7.11 Å². The second-order valence-corrected chi connectivity index (χ2v) is 4.02. The molecule has 1 aromatic carbocycles. The molecule has 0 saturated carbocycles. The molecule has 0 fully saturated rings. The fraction of sp³-hybridized carbons (Fsp3) is 0.286. The Labute approximate surface area is 102 Å². The van der Waals surface area contributed by atoms with Crippen LogP contribution in [0, 0.1) is 0 Å². The Morgan fingerprint density at radius 3 is 2.53 bits per heavy atom. The van der Waals surface area contributed by atoms with Crippen LogP contribution >= 0.6 is 0 Å². The van der Waals surface area contributed by atoms with E-state index in [0.717, 1.165) is 24.4 Å². The summed E-state index contributed by atoms with van der Waals surface area (Å²) in [7, 11) is 3.75. The lowest BCUT2D eigenvalue weighted by Gasteiger charge is -2.08. The molecule has 0 aliphatic rings. The number of rotatable bonds is 5. The molecule has 0 aliphatic carbocycles. The van der Waals surface area contributed by atoms with Gasteiger partial charge in [-0.15, -0.1) is 0 Å². The normalized spacial score (nSPS) is 10.2. The van der Waals surface area contributed by atoms with E-state index in [1.165, 1.54) is 5.69 Å². The van der Waals surface area contributed by atoms with Crippen LogP contribution < -0.4 is 10.1 Å². The lowest BCUT2D eigenvalue weighted by molar-refractivity contribution is 0.415. The molecule has 0 amide bonds. The minimum Gasteiger partial charge on any atom is -0.497 e. The molecule has 1 heterocycles. The summed E-state index contributed by atoms with van der Waals surface area (Å²) in [6.07, 6.45) is 3.10. The van der Waals surface area contributed by atoms with Gasteiger partial charge in [0.25, 0.3) is 0 Å². The van der Waals surface area contributed by atoms with Crippen LogP contribution in [0.4, 0.5) is 5.69 Å². The Morgan fingerprint density at radius 1 is 1.18 bits per heavy atom. The number of aromatic nitrogens is 1. The van der Waals surface area contributed by atoms with Crippen molar-refractivity contribution in [2.45, 2.75) is 6.42 Å². The summed E-state index contributed by atoms with van der Waals surface area (Å²) in [6, 6.07) is 12.2. The Bertz CT molecular complexity index is 459. The zero-order valence-electron chi connectivity index (χ0n) is 10.3. The topological polar surface area (TPSA) is 26.2 Å². The summed E-state index contributed by atoms with van der Waals surface area (Å²) < 4.78 is 7.27. The van der Waals surface area contributed by atoms with Gasteiger partial charge >= 0.3 is 0 Å². The summed E-state index contributed by atoms with van der Waals surface area (Å²) in [5.41, 5.74) is 2.46. The minimum absolute atomic E-state index is 0.887. The fourth-order valence-electron chi connectivity index (χ4n) is 1.80. The lowest BCUT2D eigenvalue weighted by Crippen LogP contribution is -2.07. The van der Waals surface area contributed by atoms with E-state index in [4.69, 9.17) is 4.74 Å². The van der Waals surface area contributed by atoms with Crippen molar-refractivity contribution in [3.8, 4) is 5.75 Å². The van der Waals surface area contributed by atoms with Crippen molar-refractivity contribution >= 4 is 5.69 Å². The van der Waals surface area contributed by atoms with Gasteiger partial charge in [-0.3, -0.25) is 0 Å². The maximum Gasteiger partial charge on any atom is 0.119 e. The second kappa shape index (κ2) is 5.43. The number of nitrogens with one attached hydrogen (secondary N) is 1. The average Bonchev–Trinajstić information content (AvgIpc) is 2.76. The summed E-state index contributed by atoms with van der Waals surface area (Å²) in [5.74, 6) is 0.887. The van der Waals surface area contributed by atoms with Crippen LogP contribution in [-0.4, -0.2) is 18.2 Å². The highest BCUT2D eigenvalue weighted by atomic mass is 16.5. The van der Waals surface area contributed by atoms with Gasteiger partial charge in [-0.25, -0.2) is 0 Å². The molecule has 1 N–H and O–H groups in total. The molecule has 2 aromatic rings. The number of anilines is 1. The van der Waals surface area contributed by atoms with Gasteiger partial charge in [-0.05, 0) is 36.4 Å².